The molecule has 0 saturated heterocycles. The Morgan fingerprint density at radius 1 is 1.18 bits per heavy atom. The molecule has 0 fully saturated rings. The second kappa shape index (κ2) is 6.98. The lowest BCUT2D eigenvalue weighted by Crippen LogP contribution is -2.38. The Labute approximate surface area is 127 Å². The van der Waals surface area contributed by atoms with Gasteiger partial charge in [0, 0.05) is 17.5 Å². The number of hydrogen-bond acceptors (Lipinski definition) is 3. The number of carbonyl (C=O) groups is 1. The van der Waals surface area contributed by atoms with Gasteiger partial charge in [0.05, 0.1) is 16.2 Å². The molecule has 0 saturated carbocycles. The van der Waals surface area contributed by atoms with Crippen LogP contribution in [0.4, 0.5) is 5.69 Å². The van der Waals surface area contributed by atoms with E-state index in [1.165, 1.54) is 0 Å². The van der Waals surface area contributed by atoms with E-state index < -0.39 is 5.97 Å². The lowest BCUT2D eigenvalue weighted by molar-refractivity contribution is -0.114. The van der Waals surface area contributed by atoms with Crippen LogP contribution in [0.2, 0.25) is 0 Å². The van der Waals surface area contributed by atoms with E-state index in [4.69, 9.17) is 16.4 Å². The highest BCUT2D eigenvalue weighted by Crippen LogP contribution is 2.12. The number of aromatic carboxylic acids is 1. The zero-order valence-electron chi connectivity index (χ0n) is 11.7. The molecule has 0 aromatic heterocycles. The van der Waals surface area contributed by atoms with Gasteiger partial charge >= 0.3 is 11.8 Å². The molecule has 0 atom stereocenters. The third-order valence-corrected chi connectivity index (χ3v) is 3.02. The third-order valence-electron chi connectivity index (χ3n) is 3.02. The van der Waals surface area contributed by atoms with Crippen LogP contribution >= 0.6 is 0 Å². The second-order valence-corrected chi connectivity index (χ2v) is 4.54. The summed E-state index contributed by atoms with van der Waals surface area (Å²) in [7, 11) is 0. The first-order valence-electron chi connectivity index (χ1n) is 6.50. The number of carboxylic acid groups (broad SMARTS) is 1. The molecule has 2 aromatic rings. The number of anilines is 1. The van der Waals surface area contributed by atoms with Crippen molar-refractivity contribution in [1.82, 2.24) is 0 Å². The molecule has 22 heavy (non-hydrogen) atoms. The van der Waals surface area contributed by atoms with Crippen molar-refractivity contribution in [2.75, 3.05) is 5.32 Å². The Morgan fingerprint density at radius 3 is 2.55 bits per heavy atom. The Bertz CT molecular complexity index is 710. The molecule has 7 heteroatoms. The maximum absolute atomic E-state index is 10.9. The van der Waals surface area contributed by atoms with Gasteiger partial charge in [-0.05, 0) is 42.0 Å². The minimum absolute atomic E-state index is 0.239. The molecular formula is C15H16N5O2+. The molecule has 112 valence electrons. The molecule has 0 amide bonds. The van der Waals surface area contributed by atoms with Crippen molar-refractivity contribution in [3.05, 3.63) is 65.2 Å². The molecule has 7 nitrogen and oxygen atoms in total. The van der Waals surface area contributed by atoms with Crippen LogP contribution in [-0.2, 0) is 6.54 Å². The third kappa shape index (κ3) is 3.89. The maximum Gasteiger partial charge on any atom is 0.350 e. The van der Waals surface area contributed by atoms with E-state index in [9.17, 15) is 4.79 Å². The summed E-state index contributed by atoms with van der Waals surface area (Å²) in [5.74, 6) is 4.25. The topological polar surface area (TPSA) is 126 Å². The molecule has 0 aliphatic heterocycles. The van der Waals surface area contributed by atoms with Gasteiger partial charge in [0.15, 0.2) is 0 Å². The van der Waals surface area contributed by atoms with Crippen molar-refractivity contribution in [3.63, 3.8) is 0 Å². The van der Waals surface area contributed by atoms with E-state index in [0.717, 1.165) is 11.3 Å². The van der Waals surface area contributed by atoms with Crippen LogP contribution in [0.25, 0.3) is 0 Å². The number of hydrogen-bond donors (Lipinski definition) is 4. The van der Waals surface area contributed by atoms with Gasteiger partial charge in [0.2, 0.25) is 0 Å². The number of nitrogens with zero attached hydrogens (tertiary/aromatic N) is 2. The minimum atomic E-state index is -0.939. The quantitative estimate of drug-likeness (QED) is 0.214. The van der Waals surface area contributed by atoms with E-state index in [0.29, 0.717) is 12.1 Å². The first-order valence-corrected chi connectivity index (χ1v) is 6.50. The van der Waals surface area contributed by atoms with Gasteiger partial charge in [-0.1, -0.05) is 12.1 Å². The highest BCUT2D eigenvalue weighted by atomic mass is 16.4. The molecule has 2 aromatic carbocycles. The van der Waals surface area contributed by atoms with Gasteiger partial charge in [-0.3, -0.25) is 11.3 Å². The molecule has 0 aliphatic carbocycles. The van der Waals surface area contributed by atoms with E-state index >= 15 is 0 Å². The number of rotatable bonds is 5. The van der Waals surface area contributed by atoms with Crippen LogP contribution in [-0.4, -0.2) is 16.9 Å². The first-order chi connectivity index (χ1) is 10.6. The van der Waals surface area contributed by atoms with Gasteiger partial charge in [-0.25, -0.2) is 4.79 Å². The average molecular weight is 298 g/mol. The molecule has 6 N–H and O–H groups in total. The number of carboxylic acids is 1. The van der Waals surface area contributed by atoms with Gasteiger partial charge in [-0.15, -0.1) is 0 Å². The standard InChI is InChI=1S/C15H15N5O2/c16-14(19-20-17)11-4-6-13(7-5-11)18-9-10-2-1-3-12(8-10)15(21)22/h1-8,18H,9H2,(H,21,22)(H3,16,17,19)/p+1. The summed E-state index contributed by atoms with van der Waals surface area (Å²) in [4.78, 5) is 10.9. The summed E-state index contributed by atoms with van der Waals surface area (Å²) in [6.45, 7) is 0.516. The zero-order chi connectivity index (χ0) is 15.9. The van der Waals surface area contributed by atoms with Crippen LogP contribution in [0, 0.1) is 0 Å². The monoisotopic (exact) mass is 298 g/mol. The normalized spacial score (nSPS) is 10.5. The molecule has 0 unspecified atom stereocenters. The summed E-state index contributed by atoms with van der Waals surface area (Å²) < 4.78 is 0. The van der Waals surface area contributed by atoms with Gasteiger partial charge in [0.1, 0.15) is 0 Å². The highest BCUT2D eigenvalue weighted by Gasteiger charge is 2.08. The zero-order valence-corrected chi connectivity index (χ0v) is 11.7. The number of benzene rings is 2. The van der Waals surface area contributed by atoms with Crippen LogP contribution in [0.3, 0.4) is 0 Å². The van der Waals surface area contributed by atoms with Gasteiger partial charge < -0.3 is 10.4 Å². The van der Waals surface area contributed by atoms with E-state index in [1.807, 2.05) is 18.2 Å². The smallest absolute Gasteiger partial charge is 0.350 e. The Kier molecular flexibility index (Phi) is 4.81. The molecule has 0 aliphatic rings. The first kappa shape index (κ1) is 15.2. The Hall–Kier alpha value is -3.22. The second-order valence-electron chi connectivity index (χ2n) is 4.54. The molecule has 0 bridgehead atoms. The summed E-state index contributed by atoms with van der Waals surface area (Å²) >= 11 is 0. The number of nitrogens with two attached hydrogens (primary N) is 2. The van der Waals surface area contributed by atoms with Crippen LogP contribution in [0.5, 0.6) is 0 Å². The average Bonchev–Trinajstić information content (AvgIpc) is 2.54. The number of amidine groups is 1. The summed E-state index contributed by atoms with van der Waals surface area (Å²) in [5, 5.41) is 24.5. The number of nitrogens with one attached hydrogen (secondary N) is 1. The lowest BCUT2D eigenvalue weighted by atomic mass is 10.1. The van der Waals surface area contributed by atoms with Crippen molar-refractivity contribution in [3.8, 4) is 0 Å². The Balaban J connectivity index is 2.01. The maximum atomic E-state index is 10.9. The predicted octanol–water partition coefficient (Wildman–Crippen LogP) is 0.829. The molecule has 0 spiro atoms. The van der Waals surface area contributed by atoms with Crippen molar-refractivity contribution in [2.45, 2.75) is 6.54 Å². The summed E-state index contributed by atoms with van der Waals surface area (Å²) in [5.41, 5.74) is 2.74. The van der Waals surface area contributed by atoms with E-state index in [-0.39, 0.29) is 11.4 Å². The lowest BCUT2D eigenvalue weighted by Gasteiger charge is -2.07. The van der Waals surface area contributed by atoms with Crippen molar-refractivity contribution in [1.29, 1.82) is 0 Å². The highest BCUT2D eigenvalue weighted by molar-refractivity contribution is 5.94. The van der Waals surface area contributed by atoms with Crippen molar-refractivity contribution in [2.24, 2.45) is 16.2 Å². The fourth-order valence-corrected chi connectivity index (χ4v) is 1.90. The van der Waals surface area contributed by atoms with E-state index in [1.54, 1.807) is 30.3 Å². The Morgan fingerprint density at radius 2 is 1.91 bits per heavy atom. The van der Waals surface area contributed by atoms with Crippen molar-refractivity contribution >= 4 is 17.5 Å². The summed E-state index contributed by atoms with van der Waals surface area (Å²) in [6.07, 6.45) is 0. The fraction of sp³-hybridized carbons (Fsp3) is 0.0667. The molecule has 0 radical (unpaired) electrons. The van der Waals surface area contributed by atoms with Crippen LogP contribution in [0.15, 0.2) is 58.9 Å². The molecular weight excluding hydrogens is 282 g/mol. The van der Waals surface area contributed by atoms with Gasteiger partial charge in [-0.2, -0.15) is 0 Å². The van der Waals surface area contributed by atoms with Crippen LogP contribution < -0.4 is 16.6 Å². The SMILES string of the molecule is NN=NC(=[NH2+])c1ccc(NCc2cccc(C(=O)O)c2)cc1. The van der Waals surface area contributed by atoms with Gasteiger partial charge in [0.25, 0.3) is 0 Å². The molecule has 0 heterocycles. The van der Waals surface area contributed by atoms with E-state index in [2.05, 4.69) is 15.7 Å². The predicted molar refractivity (Wildman–Crippen MR) is 82.2 cm³/mol. The molecule has 2 rings (SSSR count). The largest absolute Gasteiger partial charge is 0.478 e. The van der Waals surface area contributed by atoms with Crippen molar-refractivity contribution < 1.29 is 15.3 Å². The van der Waals surface area contributed by atoms with Crippen LogP contribution in [0.1, 0.15) is 21.5 Å². The minimum Gasteiger partial charge on any atom is -0.478 e. The summed E-state index contributed by atoms with van der Waals surface area (Å²) in [6, 6.07) is 14.0. The fourth-order valence-electron chi connectivity index (χ4n) is 1.90.